The second-order valence-electron chi connectivity index (χ2n) is 5.50. The number of pyridine rings is 1. The number of hydrogen-bond donors (Lipinski definition) is 1. The third-order valence-electron chi connectivity index (χ3n) is 3.81. The predicted octanol–water partition coefficient (Wildman–Crippen LogP) is 1.07. The lowest BCUT2D eigenvalue weighted by atomic mass is 10.3. The van der Waals surface area contributed by atoms with Gasteiger partial charge in [0.05, 0.1) is 0 Å². The minimum absolute atomic E-state index is 0.669. The monoisotopic (exact) mass is 312 g/mol. The van der Waals surface area contributed by atoms with Crippen LogP contribution in [-0.4, -0.2) is 52.4 Å². The first-order chi connectivity index (χ1) is 11.2. The van der Waals surface area contributed by atoms with E-state index in [9.17, 15) is 4.79 Å². The molecule has 7 heteroatoms. The molecule has 1 amide bonds. The van der Waals surface area contributed by atoms with Crippen LogP contribution in [0.5, 0.6) is 0 Å². The average Bonchev–Trinajstić information content (AvgIpc) is 2.60. The van der Waals surface area contributed by atoms with Crippen LogP contribution in [0.2, 0.25) is 0 Å². The van der Waals surface area contributed by atoms with Crippen LogP contribution in [0.3, 0.4) is 0 Å². The Morgan fingerprint density at radius 2 is 2.09 bits per heavy atom. The Hall–Kier alpha value is -2.70. The van der Waals surface area contributed by atoms with Crippen LogP contribution in [-0.2, 0) is 11.3 Å². The highest BCUT2D eigenvalue weighted by atomic mass is 16.1. The van der Waals surface area contributed by atoms with Crippen molar-refractivity contribution in [1.82, 2.24) is 19.9 Å². The first-order valence-electron chi connectivity index (χ1n) is 7.67. The lowest BCUT2D eigenvalue weighted by Crippen LogP contribution is -2.46. The number of anilines is 2. The highest BCUT2D eigenvalue weighted by Crippen LogP contribution is 2.18. The molecule has 1 aliphatic heterocycles. The maximum absolute atomic E-state index is 10.8. The smallest absolute Gasteiger partial charge is 0.209 e. The molecule has 0 spiro atoms. The van der Waals surface area contributed by atoms with Gasteiger partial charge in [0.2, 0.25) is 6.41 Å². The van der Waals surface area contributed by atoms with Crippen molar-refractivity contribution >= 4 is 18.0 Å². The number of nitrogens with one attached hydrogen (secondary N) is 1. The van der Waals surface area contributed by atoms with Crippen molar-refractivity contribution in [1.29, 1.82) is 0 Å². The molecule has 0 bridgehead atoms. The largest absolute Gasteiger partial charge is 0.366 e. The number of carbonyl (C=O) groups is 1. The Bertz CT molecular complexity index is 655. The first-order valence-corrected chi connectivity index (χ1v) is 7.67. The van der Waals surface area contributed by atoms with E-state index in [-0.39, 0.29) is 0 Å². The third-order valence-corrected chi connectivity index (χ3v) is 3.81. The van der Waals surface area contributed by atoms with Crippen LogP contribution in [0, 0.1) is 6.92 Å². The third kappa shape index (κ3) is 3.94. The fraction of sp³-hybridized carbons (Fsp3) is 0.375. The molecule has 1 N–H and O–H groups in total. The highest BCUT2D eigenvalue weighted by molar-refractivity contribution is 5.52. The van der Waals surface area contributed by atoms with E-state index in [2.05, 4.69) is 25.2 Å². The minimum Gasteiger partial charge on any atom is -0.366 e. The average molecular weight is 312 g/mol. The van der Waals surface area contributed by atoms with Gasteiger partial charge in [-0.1, -0.05) is 6.07 Å². The van der Waals surface area contributed by atoms with Crippen molar-refractivity contribution in [3.05, 3.63) is 42.0 Å². The molecule has 0 radical (unpaired) electrons. The molecule has 3 heterocycles. The van der Waals surface area contributed by atoms with E-state index in [4.69, 9.17) is 0 Å². The summed E-state index contributed by atoms with van der Waals surface area (Å²) in [5.41, 5.74) is 1.10. The van der Waals surface area contributed by atoms with Gasteiger partial charge in [0, 0.05) is 51.2 Å². The molecule has 0 saturated carbocycles. The number of nitrogens with zero attached hydrogens (tertiary/aromatic N) is 5. The van der Waals surface area contributed by atoms with E-state index in [1.165, 1.54) is 0 Å². The maximum atomic E-state index is 10.8. The van der Waals surface area contributed by atoms with E-state index in [1.807, 2.05) is 31.3 Å². The number of aryl methyl sites for hydroxylation is 1. The van der Waals surface area contributed by atoms with Gasteiger partial charge in [-0.3, -0.25) is 9.78 Å². The molecule has 3 rings (SSSR count). The van der Waals surface area contributed by atoms with Crippen molar-refractivity contribution in [2.24, 2.45) is 0 Å². The lowest BCUT2D eigenvalue weighted by molar-refractivity contribution is -0.118. The summed E-state index contributed by atoms with van der Waals surface area (Å²) in [6, 6.07) is 5.90. The molecule has 0 aliphatic carbocycles. The number of aromatic nitrogens is 3. The zero-order chi connectivity index (χ0) is 16.1. The van der Waals surface area contributed by atoms with Crippen molar-refractivity contribution in [3.63, 3.8) is 0 Å². The van der Waals surface area contributed by atoms with Crippen LogP contribution in [0.15, 0.2) is 30.6 Å². The Balaban J connectivity index is 1.68. The molecular weight excluding hydrogens is 292 g/mol. The standard InChI is InChI=1S/C16H20N6O/c1-13-19-15(18-11-14-3-2-4-17-10-14)9-16(20-13)22-7-5-21(12-23)6-8-22/h2-4,9-10,12H,5-8,11H2,1H3,(H,18,19,20). The van der Waals surface area contributed by atoms with Crippen LogP contribution in [0.1, 0.15) is 11.4 Å². The van der Waals surface area contributed by atoms with Crippen LogP contribution >= 0.6 is 0 Å². The summed E-state index contributed by atoms with van der Waals surface area (Å²) in [5, 5.41) is 3.32. The number of amides is 1. The molecular formula is C16H20N6O. The molecule has 23 heavy (non-hydrogen) atoms. The maximum Gasteiger partial charge on any atom is 0.209 e. The van der Waals surface area contributed by atoms with Crippen molar-refractivity contribution in [2.45, 2.75) is 13.5 Å². The zero-order valence-electron chi connectivity index (χ0n) is 13.1. The van der Waals surface area contributed by atoms with Crippen molar-refractivity contribution in [2.75, 3.05) is 36.4 Å². The molecule has 7 nitrogen and oxygen atoms in total. The molecule has 1 aliphatic rings. The Morgan fingerprint density at radius 3 is 2.78 bits per heavy atom. The molecule has 2 aromatic heterocycles. The fourth-order valence-corrected chi connectivity index (χ4v) is 2.56. The fourth-order valence-electron chi connectivity index (χ4n) is 2.56. The molecule has 0 aromatic carbocycles. The van der Waals surface area contributed by atoms with E-state index in [1.54, 1.807) is 11.1 Å². The second kappa shape index (κ2) is 7.04. The van der Waals surface area contributed by atoms with Crippen LogP contribution in [0.25, 0.3) is 0 Å². The quantitative estimate of drug-likeness (QED) is 0.833. The van der Waals surface area contributed by atoms with Gasteiger partial charge < -0.3 is 15.1 Å². The molecule has 1 fully saturated rings. The Kier molecular flexibility index (Phi) is 4.65. The van der Waals surface area contributed by atoms with Crippen molar-refractivity contribution in [3.8, 4) is 0 Å². The van der Waals surface area contributed by atoms with Crippen LogP contribution < -0.4 is 10.2 Å². The van der Waals surface area contributed by atoms with Gasteiger partial charge in [-0.05, 0) is 18.6 Å². The number of hydrogen-bond acceptors (Lipinski definition) is 6. The van der Waals surface area contributed by atoms with Gasteiger partial charge >= 0.3 is 0 Å². The van der Waals surface area contributed by atoms with Gasteiger partial charge in [-0.15, -0.1) is 0 Å². The number of piperazine rings is 1. The Morgan fingerprint density at radius 1 is 1.26 bits per heavy atom. The summed E-state index contributed by atoms with van der Waals surface area (Å²) < 4.78 is 0. The van der Waals surface area contributed by atoms with E-state index < -0.39 is 0 Å². The molecule has 0 atom stereocenters. The van der Waals surface area contributed by atoms with Crippen molar-refractivity contribution < 1.29 is 4.79 Å². The summed E-state index contributed by atoms with van der Waals surface area (Å²) in [4.78, 5) is 27.8. The summed E-state index contributed by atoms with van der Waals surface area (Å²) in [7, 11) is 0. The molecule has 0 unspecified atom stereocenters. The van der Waals surface area contributed by atoms with E-state index in [0.29, 0.717) is 6.54 Å². The molecule has 120 valence electrons. The lowest BCUT2D eigenvalue weighted by Gasteiger charge is -2.33. The van der Waals surface area contributed by atoms with E-state index in [0.717, 1.165) is 55.6 Å². The van der Waals surface area contributed by atoms with Gasteiger partial charge in [-0.2, -0.15) is 0 Å². The number of rotatable bonds is 5. The first kappa shape index (κ1) is 15.2. The number of carbonyl (C=O) groups excluding carboxylic acids is 1. The summed E-state index contributed by atoms with van der Waals surface area (Å²) in [5.74, 6) is 2.43. The SMILES string of the molecule is Cc1nc(NCc2cccnc2)cc(N2CCN(C=O)CC2)n1. The summed E-state index contributed by atoms with van der Waals surface area (Å²) >= 11 is 0. The predicted molar refractivity (Wildman–Crippen MR) is 88.2 cm³/mol. The molecule has 1 saturated heterocycles. The molecule has 2 aromatic rings. The normalized spacial score (nSPS) is 14.7. The summed E-state index contributed by atoms with van der Waals surface area (Å²) in [6.07, 6.45) is 4.50. The van der Waals surface area contributed by atoms with Gasteiger partial charge in [0.15, 0.2) is 0 Å². The minimum atomic E-state index is 0.669. The Labute approximate surface area is 135 Å². The highest BCUT2D eigenvalue weighted by Gasteiger charge is 2.17. The van der Waals surface area contributed by atoms with Crippen LogP contribution in [0.4, 0.5) is 11.6 Å². The van der Waals surface area contributed by atoms with E-state index >= 15 is 0 Å². The van der Waals surface area contributed by atoms with Gasteiger partial charge in [0.1, 0.15) is 17.5 Å². The second-order valence-corrected chi connectivity index (χ2v) is 5.50. The van der Waals surface area contributed by atoms with Gasteiger partial charge in [0.25, 0.3) is 0 Å². The summed E-state index contributed by atoms with van der Waals surface area (Å²) in [6.45, 7) is 5.59. The topological polar surface area (TPSA) is 74.2 Å². The van der Waals surface area contributed by atoms with Gasteiger partial charge in [-0.25, -0.2) is 9.97 Å². The zero-order valence-corrected chi connectivity index (χ0v) is 13.1.